The Labute approximate surface area is 119 Å². The monoisotopic (exact) mass is 277 g/mol. The number of nitrogen functional groups attached to an aromatic ring is 1. The second kappa shape index (κ2) is 6.93. The molecule has 2 amide bonds. The molecule has 1 rings (SSSR count). The summed E-state index contributed by atoms with van der Waals surface area (Å²) in [5, 5.41) is 5.38. The molecule has 20 heavy (non-hydrogen) atoms. The summed E-state index contributed by atoms with van der Waals surface area (Å²) in [6.07, 6.45) is 0.872. The van der Waals surface area contributed by atoms with E-state index in [9.17, 15) is 9.59 Å². The normalized spacial score (nSPS) is 10.9. The number of rotatable bonds is 6. The molecule has 0 aliphatic rings. The maximum absolute atomic E-state index is 12.2. The Morgan fingerprint density at radius 3 is 2.30 bits per heavy atom. The van der Waals surface area contributed by atoms with E-state index in [-0.39, 0.29) is 18.4 Å². The molecule has 0 saturated carbocycles. The van der Waals surface area contributed by atoms with E-state index in [2.05, 4.69) is 10.6 Å². The number of nitrogens with one attached hydrogen (secondary N) is 2. The van der Waals surface area contributed by atoms with Crippen molar-refractivity contribution in [3.05, 3.63) is 29.8 Å². The second-order valence-corrected chi connectivity index (χ2v) is 5.28. The molecule has 0 heterocycles. The van der Waals surface area contributed by atoms with Gasteiger partial charge in [0.15, 0.2) is 0 Å². The van der Waals surface area contributed by atoms with Crippen molar-refractivity contribution in [2.45, 2.75) is 32.6 Å². The summed E-state index contributed by atoms with van der Waals surface area (Å²) >= 11 is 0. The molecule has 0 spiro atoms. The smallest absolute Gasteiger partial charge is 0.239 e. The molecule has 0 bridgehead atoms. The molecule has 110 valence electrons. The Morgan fingerprint density at radius 2 is 1.75 bits per heavy atom. The predicted octanol–water partition coefficient (Wildman–Crippen LogP) is 1.19. The minimum atomic E-state index is -0.710. The first kappa shape index (κ1) is 16.0. The molecule has 1 aromatic carbocycles. The first-order valence-corrected chi connectivity index (χ1v) is 6.79. The van der Waals surface area contributed by atoms with Gasteiger partial charge in [-0.05, 0) is 38.0 Å². The van der Waals surface area contributed by atoms with Gasteiger partial charge in [-0.25, -0.2) is 0 Å². The van der Waals surface area contributed by atoms with E-state index < -0.39 is 5.41 Å². The van der Waals surface area contributed by atoms with Crippen LogP contribution >= 0.6 is 0 Å². The molecular weight excluding hydrogens is 254 g/mol. The SMILES string of the molecule is CCCNC(=O)CNC(=O)C(C)(C)c1ccc(N)cc1. The minimum absolute atomic E-state index is 0.00274. The number of hydrogen-bond acceptors (Lipinski definition) is 3. The van der Waals surface area contributed by atoms with Gasteiger partial charge >= 0.3 is 0 Å². The van der Waals surface area contributed by atoms with Crippen molar-refractivity contribution >= 4 is 17.5 Å². The molecule has 1 aromatic rings. The van der Waals surface area contributed by atoms with Crippen molar-refractivity contribution in [3.8, 4) is 0 Å². The van der Waals surface area contributed by atoms with Gasteiger partial charge in [0.2, 0.25) is 11.8 Å². The number of carbonyl (C=O) groups is 2. The van der Waals surface area contributed by atoms with E-state index in [0.29, 0.717) is 12.2 Å². The van der Waals surface area contributed by atoms with Crippen molar-refractivity contribution in [2.24, 2.45) is 0 Å². The van der Waals surface area contributed by atoms with Crippen molar-refractivity contribution < 1.29 is 9.59 Å². The highest BCUT2D eigenvalue weighted by atomic mass is 16.2. The molecule has 0 fully saturated rings. The van der Waals surface area contributed by atoms with Gasteiger partial charge in [0.05, 0.1) is 12.0 Å². The third-order valence-electron chi connectivity index (χ3n) is 3.18. The van der Waals surface area contributed by atoms with Gasteiger partial charge in [-0.15, -0.1) is 0 Å². The van der Waals surface area contributed by atoms with E-state index in [1.54, 1.807) is 12.1 Å². The molecule has 5 heteroatoms. The highest BCUT2D eigenvalue weighted by Gasteiger charge is 2.29. The Morgan fingerprint density at radius 1 is 1.15 bits per heavy atom. The molecular formula is C15H23N3O2. The molecule has 0 aromatic heterocycles. The predicted molar refractivity (Wildman–Crippen MR) is 80.2 cm³/mol. The van der Waals surface area contributed by atoms with E-state index in [1.165, 1.54) is 0 Å². The maximum atomic E-state index is 12.2. The van der Waals surface area contributed by atoms with Crippen molar-refractivity contribution in [1.29, 1.82) is 0 Å². The van der Waals surface area contributed by atoms with Gasteiger partial charge in [-0.3, -0.25) is 9.59 Å². The van der Waals surface area contributed by atoms with Crippen LogP contribution in [0.4, 0.5) is 5.69 Å². The lowest BCUT2D eigenvalue weighted by Gasteiger charge is -2.24. The highest BCUT2D eigenvalue weighted by molar-refractivity contribution is 5.91. The molecule has 4 N–H and O–H groups in total. The second-order valence-electron chi connectivity index (χ2n) is 5.28. The zero-order valence-corrected chi connectivity index (χ0v) is 12.3. The van der Waals surface area contributed by atoms with Gasteiger partial charge in [-0.1, -0.05) is 19.1 Å². The lowest BCUT2D eigenvalue weighted by atomic mass is 9.83. The molecule has 5 nitrogen and oxygen atoms in total. The highest BCUT2D eigenvalue weighted by Crippen LogP contribution is 2.24. The van der Waals surface area contributed by atoms with Crippen LogP contribution in [0.1, 0.15) is 32.8 Å². The molecule has 0 aliphatic heterocycles. The van der Waals surface area contributed by atoms with Gasteiger partial charge in [-0.2, -0.15) is 0 Å². The maximum Gasteiger partial charge on any atom is 0.239 e. The Hall–Kier alpha value is -2.04. The van der Waals surface area contributed by atoms with Crippen LogP contribution in [0.2, 0.25) is 0 Å². The zero-order valence-electron chi connectivity index (χ0n) is 12.3. The lowest BCUT2D eigenvalue weighted by Crippen LogP contribution is -2.44. The summed E-state index contributed by atoms with van der Waals surface area (Å²) < 4.78 is 0. The first-order chi connectivity index (χ1) is 9.37. The van der Waals surface area contributed by atoms with E-state index in [4.69, 9.17) is 5.73 Å². The van der Waals surface area contributed by atoms with Crippen molar-refractivity contribution in [3.63, 3.8) is 0 Å². The summed E-state index contributed by atoms with van der Waals surface area (Å²) in [4.78, 5) is 23.7. The van der Waals surface area contributed by atoms with Crippen LogP contribution in [0.25, 0.3) is 0 Å². The summed E-state index contributed by atoms with van der Waals surface area (Å²) in [6.45, 7) is 6.23. The van der Waals surface area contributed by atoms with Crippen molar-refractivity contribution in [2.75, 3.05) is 18.8 Å². The van der Waals surface area contributed by atoms with Crippen molar-refractivity contribution in [1.82, 2.24) is 10.6 Å². The standard InChI is InChI=1S/C15H23N3O2/c1-4-9-17-13(19)10-18-14(20)15(2,3)11-5-7-12(16)8-6-11/h5-8H,4,9-10,16H2,1-3H3,(H,17,19)(H,18,20). The largest absolute Gasteiger partial charge is 0.399 e. The number of hydrogen-bond donors (Lipinski definition) is 3. The molecule has 0 atom stereocenters. The number of anilines is 1. The topological polar surface area (TPSA) is 84.2 Å². The first-order valence-electron chi connectivity index (χ1n) is 6.79. The van der Waals surface area contributed by atoms with Crippen LogP contribution in [0.15, 0.2) is 24.3 Å². The summed E-state index contributed by atoms with van der Waals surface area (Å²) in [5.74, 6) is -0.359. The molecule has 0 aliphatic carbocycles. The molecule has 0 saturated heterocycles. The average Bonchev–Trinajstić information content (AvgIpc) is 2.42. The number of amides is 2. The fourth-order valence-electron chi connectivity index (χ4n) is 1.74. The lowest BCUT2D eigenvalue weighted by molar-refractivity contribution is -0.129. The number of nitrogens with two attached hydrogens (primary N) is 1. The van der Waals surface area contributed by atoms with Crippen LogP contribution in [0.5, 0.6) is 0 Å². The van der Waals surface area contributed by atoms with E-state index >= 15 is 0 Å². The van der Waals surface area contributed by atoms with E-state index in [0.717, 1.165) is 12.0 Å². The Balaban J connectivity index is 2.61. The fraction of sp³-hybridized carbons (Fsp3) is 0.467. The third kappa shape index (κ3) is 4.26. The summed E-state index contributed by atoms with van der Waals surface area (Å²) in [5.41, 5.74) is 6.44. The summed E-state index contributed by atoms with van der Waals surface area (Å²) in [6, 6.07) is 7.18. The zero-order chi connectivity index (χ0) is 15.2. The van der Waals surface area contributed by atoms with Crippen LogP contribution in [0.3, 0.4) is 0 Å². The quantitative estimate of drug-likeness (QED) is 0.683. The fourth-order valence-corrected chi connectivity index (χ4v) is 1.74. The molecule has 0 unspecified atom stereocenters. The third-order valence-corrected chi connectivity index (χ3v) is 3.18. The van der Waals surface area contributed by atoms with Crippen LogP contribution in [0, 0.1) is 0 Å². The number of benzene rings is 1. The van der Waals surface area contributed by atoms with Gasteiger partial charge in [0.1, 0.15) is 0 Å². The van der Waals surface area contributed by atoms with Gasteiger partial charge < -0.3 is 16.4 Å². The average molecular weight is 277 g/mol. The van der Waals surface area contributed by atoms with Gasteiger partial charge in [0, 0.05) is 12.2 Å². The Kier molecular flexibility index (Phi) is 5.55. The van der Waals surface area contributed by atoms with Crippen LogP contribution in [-0.4, -0.2) is 24.9 Å². The van der Waals surface area contributed by atoms with E-state index in [1.807, 2.05) is 32.9 Å². The minimum Gasteiger partial charge on any atom is -0.399 e. The van der Waals surface area contributed by atoms with Crippen LogP contribution < -0.4 is 16.4 Å². The van der Waals surface area contributed by atoms with Crippen LogP contribution in [-0.2, 0) is 15.0 Å². The summed E-state index contributed by atoms with van der Waals surface area (Å²) in [7, 11) is 0. The molecule has 0 radical (unpaired) electrons. The number of carbonyl (C=O) groups excluding carboxylic acids is 2. The Bertz CT molecular complexity index is 467. The van der Waals surface area contributed by atoms with Gasteiger partial charge in [0.25, 0.3) is 0 Å².